The van der Waals surface area contributed by atoms with Gasteiger partial charge in [0.25, 0.3) is 0 Å². The van der Waals surface area contributed by atoms with E-state index in [1.54, 1.807) is 0 Å². The van der Waals surface area contributed by atoms with Crippen molar-refractivity contribution in [1.82, 2.24) is 0 Å². The van der Waals surface area contributed by atoms with Gasteiger partial charge < -0.3 is 18.9 Å². The Morgan fingerprint density at radius 3 is 1.31 bits per heavy atom. The first kappa shape index (κ1) is 50.1. The summed E-state index contributed by atoms with van der Waals surface area (Å²) in [6.07, 6.45) is 46.7. The van der Waals surface area contributed by atoms with Crippen LogP contribution in [0.4, 0.5) is 0 Å². The van der Waals surface area contributed by atoms with E-state index in [0.29, 0.717) is 30.8 Å². The number of ether oxygens (including phenoxy) is 2. The highest BCUT2D eigenvalue weighted by molar-refractivity contribution is 7.47. The van der Waals surface area contributed by atoms with Crippen molar-refractivity contribution >= 4 is 7.82 Å². The summed E-state index contributed by atoms with van der Waals surface area (Å²) in [7, 11) is 1.93. The molecule has 2 fully saturated rings. The molecule has 7 nitrogen and oxygen atoms in total. The number of likely N-dealkylation sites (N-methyl/N-ethyl adjacent to an activating group) is 1. The van der Waals surface area contributed by atoms with Gasteiger partial charge in [-0.05, 0) is 24.7 Å². The molecule has 2 atom stereocenters. The maximum absolute atomic E-state index is 12.5. The summed E-state index contributed by atoms with van der Waals surface area (Å²) in [6, 6.07) is 0. The summed E-state index contributed by atoms with van der Waals surface area (Å²) < 4.78 is 35.9. The minimum Gasteiger partial charge on any atom is -0.379 e. The number of phosphoric acid groups is 1. The third-order valence-corrected chi connectivity index (χ3v) is 13.2. The molecule has 0 aromatic heterocycles. The minimum atomic E-state index is -4.13. The smallest absolute Gasteiger partial charge is 0.379 e. The number of phosphoric ester groups is 1. The highest BCUT2D eigenvalue weighted by Crippen LogP contribution is 2.43. The monoisotopic (exact) mass is 787 g/mol. The first-order chi connectivity index (χ1) is 26.2. The zero-order valence-electron chi connectivity index (χ0n) is 36.4. The highest BCUT2D eigenvalue weighted by atomic mass is 31.2. The van der Waals surface area contributed by atoms with Crippen LogP contribution in [0.5, 0.6) is 0 Å². The van der Waals surface area contributed by atoms with Crippen LogP contribution in [0.25, 0.3) is 0 Å². The van der Waals surface area contributed by atoms with Crippen molar-refractivity contribution in [3.63, 3.8) is 0 Å². The Labute approximate surface area is 336 Å². The number of quaternary nitrogens is 1. The molecule has 2 aliphatic rings. The first-order valence-corrected chi connectivity index (χ1v) is 25.3. The van der Waals surface area contributed by atoms with Crippen LogP contribution in [0, 0.1) is 11.8 Å². The van der Waals surface area contributed by atoms with Gasteiger partial charge in [-0.2, -0.15) is 0 Å². The van der Waals surface area contributed by atoms with Gasteiger partial charge >= 0.3 is 7.82 Å². The lowest BCUT2D eigenvalue weighted by molar-refractivity contribution is -0.870. The van der Waals surface area contributed by atoms with E-state index in [-0.39, 0.29) is 19.3 Å². The van der Waals surface area contributed by atoms with Crippen molar-refractivity contribution in [3.05, 3.63) is 0 Å². The molecule has 0 spiro atoms. The molecule has 0 heterocycles. The standard InChI is InChI=1S/C46H92NO6P/c1-47(2,3)38-41-52-54(48,49)53-43-46(51-40-31-21-17-13-9-5-7-11-15-19-25-33-45-36-28-23-29-37-45)42-50-39-30-20-16-12-8-4-6-10-14-18-24-32-44-34-26-22-27-35-44/h44-46H,4-43H2,1-3H3/p+1. The number of unbranched alkanes of at least 4 members (excludes halogenated alkanes) is 20. The van der Waals surface area contributed by atoms with Crippen molar-refractivity contribution in [2.75, 3.05) is 60.7 Å². The first-order valence-electron chi connectivity index (χ1n) is 23.9. The van der Waals surface area contributed by atoms with Crippen LogP contribution in [0.3, 0.4) is 0 Å². The largest absolute Gasteiger partial charge is 0.472 e. The molecular weight excluding hydrogens is 693 g/mol. The van der Waals surface area contributed by atoms with Gasteiger partial charge in [0.05, 0.1) is 34.4 Å². The Hall–Kier alpha value is -0.0100. The second kappa shape index (κ2) is 33.9. The van der Waals surface area contributed by atoms with Crippen LogP contribution < -0.4 is 0 Å². The Bertz CT molecular complexity index is 857. The van der Waals surface area contributed by atoms with Crippen LogP contribution in [-0.2, 0) is 23.1 Å². The second-order valence-corrected chi connectivity index (χ2v) is 20.0. The molecule has 0 bridgehead atoms. The molecule has 2 unspecified atom stereocenters. The zero-order valence-corrected chi connectivity index (χ0v) is 37.3. The zero-order chi connectivity index (χ0) is 38.8. The van der Waals surface area contributed by atoms with Crippen molar-refractivity contribution in [2.45, 2.75) is 224 Å². The molecule has 2 rings (SSSR count). The lowest BCUT2D eigenvalue weighted by atomic mass is 9.85. The summed E-state index contributed by atoms with van der Waals surface area (Å²) in [4.78, 5) is 10.2. The van der Waals surface area contributed by atoms with E-state index < -0.39 is 7.82 Å². The maximum Gasteiger partial charge on any atom is 0.472 e. The van der Waals surface area contributed by atoms with E-state index in [1.807, 2.05) is 21.1 Å². The fourth-order valence-corrected chi connectivity index (χ4v) is 9.30. The molecule has 1 N–H and O–H groups in total. The molecule has 8 heteroatoms. The molecule has 0 aromatic carbocycles. The van der Waals surface area contributed by atoms with Crippen molar-refractivity contribution in [1.29, 1.82) is 0 Å². The molecule has 0 aromatic rings. The summed E-state index contributed by atoms with van der Waals surface area (Å²) in [5.74, 6) is 2.09. The van der Waals surface area contributed by atoms with Crippen LogP contribution in [0.15, 0.2) is 0 Å². The van der Waals surface area contributed by atoms with Crippen LogP contribution in [-0.4, -0.2) is 76.2 Å². The SMILES string of the molecule is C[N+](C)(C)CCOP(=O)(O)OCC(COCCCCCCCCCCCCCC1CCCCC1)OCCCCCCCCCCCCCC1CCCCC1. The van der Waals surface area contributed by atoms with Gasteiger partial charge in [0, 0.05) is 13.2 Å². The van der Waals surface area contributed by atoms with Crippen LogP contribution in [0.2, 0.25) is 0 Å². The van der Waals surface area contributed by atoms with E-state index in [9.17, 15) is 9.46 Å². The Balaban J connectivity index is 1.46. The van der Waals surface area contributed by atoms with Gasteiger partial charge in [0.15, 0.2) is 0 Å². The van der Waals surface area contributed by atoms with E-state index >= 15 is 0 Å². The molecule has 0 amide bonds. The Morgan fingerprint density at radius 1 is 0.500 bits per heavy atom. The van der Waals surface area contributed by atoms with Crippen molar-refractivity contribution in [3.8, 4) is 0 Å². The Morgan fingerprint density at radius 2 is 0.889 bits per heavy atom. The minimum absolute atomic E-state index is 0.000741. The summed E-state index contributed by atoms with van der Waals surface area (Å²) in [6.45, 7) is 2.48. The topological polar surface area (TPSA) is 74.2 Å². The third-order valence-electron chi connectivity index (χ3n) is 12.2. The Kier molecular flexibility index (Phi) is 31.5. The molecular formula is C46H93NO6P+. The van der Waals surface area contributed by atoms with Crippen molar-refractivity contribution in [2.24, 2.45) is 11.8 Å². The number of hydrogen-bond acceptors (Lipinski definition) is 5. The molecule has 0 radical (unpaired) electrons. The lowest BCUT2D eigenvalue weighted by Crippen LogP contribution is -2.37. The maximum atomic E-state index is 12.5. The summed E-state index contributed by atoms with van der Waals surface area (Å²) >= 11 is 0. The quantitative estimate of drug-likeness (QED) is 0.0382. The second-order valence-electron chi connectivity index (χ2n) is 18.5. The van der Waals surface area contributed by atoms with Crippen molar-refractivity contribution < 1.29 is 32.5 Å². The molecule has 322 valence electrons. The van der Waals surface area contributed by atoms with E-state index in [2.05, 4.69) is 0 Å². The lowest BCUT2D eigenvalue weighted by Gasteiger charge is -2.24. The van der Waals surface area contributed by atoms with Gasteiger partial charge in [-0.25, -0.2) is 4.57 Å². The number of rotatable bonds is 38. The third kappa shape index (κ3) is 32.0. The molecule has 2 aliphatic carbocycles. The molecule has 0 aliphatic heterocycles. The highest BCUT2D eigenvalue weighted by Gasteiger charge is 2.25. The normalized spacial score (nSPS) is 17.9. The average Bonchev–Trinajstić information content (AvgIpc) is 3.15. The predicted molar refractivity (Wildman–Crippen MR) is 229 cm³/mol. The van der Waals surface area contributed by atoms with Crippen LogP contribution in [0.1, 0.15) is 218 Å². The summed E-state index contributed by atoms with van der Waals surface area (Å²) in [5.41, 5.74) is 0. The van der Waals surface area contributed by atoms with Gasteiger partial charge in [0.2, 0.25) is 0 Å². The van der Waals surface area contributed by atoms with Gasteiger partial charge in [0.1, 0.15) is 19.3 Å². The van der Waals surface area contributed by atoms with Gasteiger partial charge in [-0.15, -0.1) is 0 Å². The van der Waals surface area contributed by atoms with Gasteiger partial charge in [-0.1, -0.05) is 205 Å². The van der Waals surface area contributed by atoms with E-state index in [1.165, 1.54) is 199 Å². The van der Waals surface area contributed by atoms with Crippen LogP contribution >= 0.6 is 7.82 Å². The average molecular weight is 787 g/mol. The van der Waals surface area contributed by atoms with E-state index in [4.69, 9.17) is 18.5 Å². The fourth-order valence-electron chi connectivity index (χ4n) is 8.56. The number of hydrogen-bond donors (Lipinski definition) is 1. The molecule has 54 heavy (non-hydrogen) atoms. The fraction of sp³-hybridized carbons (Fsp3) is 1.00. The predicted octanol–water partition coefficient (Wildman–Crippen LogP) is 13.8. The van der Waals surface area contributed by atoms with E-state index in [0.717, 1.165) is 31.1 Å². The summed E-state index contributed by atoms with van der Waals surface area (Å²) in [5, 5.41) is 0. The molecule has 2 saturated carbocycles. The van der Waals surface area contributed by atoms with Gasteiger partial charge in [-0.3, -0.25) is 9.05 Å². The number of nitrogens with zero attached hydrogens (tertiary/aromatic N) is 1. The molecule has 0 saturated heterocycles.